The van der Waals surface area contributed by atoms with Crippen LogP contribution in [0.1, 0.15) is 40.5 Å². The zero-order valence-corrected chi connectivity index (χ0v) is 10.4. The summed E-state index contributed by atoms with van der Waals surface area (Å²) in [7, 11) is 0. The van der Waals surface area contributed by atoms with E-state index in [4.69, 9.17) is 0 Å². The van der Waals surface area contributed by atoms with Crippen molar-refractivity contribution in [1.29, 1.82) is 0 Å². The van der Waals surface area contributed by atoms with E-state index in [0.29, 0.717) is 12.8 Å². The van der Waals surface area contributed by atoms with Crippen LogP contribution in [0.2, 0.25) is 0 Å². The van der Waals surface area contributed by atoms with Gasteiger partial charge in [-0.15, -0.1) is 0 Å². The monoisotopic (exact) mass is 265 g/mol. The molecule has 2 unspecified atom stereocenters. The molecule has 0 aromatic heterocycles. The summed E-state index contributed by atoms with van der Waals surface area (Å²) < 4.78 is 0. The van der Waals surface area contributed by atoms with Crippen molar-refractivity contribution in [2.75, 3.05) is 0 Å². The van der Waals surface area contributed by atoms with Crippen molar-refractivity contribution < 1.29 is 36.9 Å². The van der Waals surface area contributed by atoms with Crippen LogP contribution >= 0.6 is 0 Å². The van der Waals surface area contributed by atoms with Gasteiger partial charge in [0.05, 0.1) is 0 Å². The van der Waals surface area contributed by atoms with Crippen molar-refractivity contribution in [3.63, 3.8) is 0 Å². The Morgan fingerprint density at radius 2 is 1.13 bits per heavy atom. The zero-order chi connectivity index (χ0) is 11.7. The molecule has 0 rings (SSSR count). The quantitative estimate of drug-likeness (QED) is 0.646. The first-order valence-corrected chi connectivity index (χ1v) is 4.78. The summed E-state index contributed by atoms with van der Waals surface area (Å²) in [6.45, 7) is 6.91. The maximum absolute atomic E-state index is 9.82. The molecule has 93 valence electrons. The van der Waals surface area contributed by atoms with E-state index in [-0.39, 0.29) is 28.9 Å². The van der Waals surface area contributed by atoms with Crippen molar-refractivity contribution in [1.82, 2.24) is 0 Å². The third kappa shape index (κ3) is 13.5. The fourth-order valence-corrected chi connectivity index (χ4v) is 0.333. The van der Waals surface area contributed by atoms with Crippen molar-refractivity contribution >= 4 is 11.9 Å². The van der Waals surface area contributed by atoms with Gasteiger partial charge in [0.15, 0.2) is 0 Å². The second kappa shape index (κ2) is 11.5. The molecular formula is C10H18CuO4. The van der Waals surface area contributed by atoms with Crippen LogP contribution in [0.4, 0.5) is 0 Å². The molecule has 0 aliphatic carbocycles. The van der Waals surface area contributed by atoms with Gasteiger partial charge in [-0.25, -0.2) is 0 Å². The van der Waals surface area contributed by atoms with Gasteiger partial charge < -0.3 is 19.8 Å². The summed E-state index contributed by atoms with van der Waals surface area (Å²) in [5, 5.41) is 19.6. The molecule has 0 bridgehead atoms. The van der Waals surface area contributed by atoms with Crippen LogP contribution in [0.3, 0.4) is 0 Å². The first kappa shape index (κ1) is 19.9. The fraction of sp³-hybridized carbons (Fsp3) is 0.800. The van der Waals surface area contributed by atoms with Crippen molar-refractivity contribution in [3.8, 4) is 0 Å². The molecule has 0 aromatic rings. The molecule has 4 nitrogen and oxygen atoms in total. The second-order valence-electron chi connectivity index (χ2n) is 3.26. The number of rotatable bonds is 4. The van der Waals surface area contributed by atoms with E-state index in [1.165, 1.54) is 0 Å². The fourth-order valence-electron chi connectivity index (χ4n) is 0.333. The van der Waals surface area contributed by atoms with Crippen LogP contribution in [0.5, 0.6) is 0 Å². The van der Waals surface area contributed by atoms with E-state index >= 15 is 0 Å². The van der Waals surface area contributed by atoms with Gasteiger partial charge in [0.2, 0.25) is 0 Å². The van der Waals surface area contributed by atoms with Crippen LogP contribution in [0.15, 0.2) is 0 Å². The average Bonchev–Trinajstić information content (AvgIpc) is 2.15. The van der Waals surface area contributed by atoms with Gasteiger partial charge in [-0.2, -0.15) is 0 Å². The molecule has 0 aliphatic heterocycles. The minimum absolute atomic E-state index is 0. The van der Waals surface area contributed by atoms with E-state index in [1.54, 1.807) is 13.8 Å². The minimum Gasteiger partial charge on any atom is -0.550 e. The Hall–Kier alpha value is -0.541. The van der Waals surface area contributed by atoms with Crippen molar-refractivity contribution in [2.45, 2.75) is 40.5 Å². The Labute approximate surface area is 102 Å². The van der Waals surface area contributed by atoms with Gasteiger partial charge in [0.25, 0.3) is 0 Å². The molecule has 0 heterocycles. The number of aliphatic carboxylic acids is 2. The maximum atomic E-state index is 9.82. The third-order valence-electron chi connectivity index (χ3n) is 2.03. The van der Waals surface area contributed by atoms with E-state index in [9.17, 15) is 19.8 Å². The molecule has 1 radical (unpaired) electrons. The summed E-state index contributed by atoms with van der Waals surface area (Å²) >= 11 is 0. The topological polar surface area (TPSA) is 80.3 Å². The Balaban J connectivity index is -0.000000180. The molecule has 5 heteroatoms. The molecule has 2 atom stereocenters. The molecule has 15 heavy (non-hydrogen) atoms. The van der Waals surface area contributed by atoms with Gasteiger partial charge in [-0.1, -0.05) is 27.7 Å². The smallest absolute Gasteiger partial charge is 0.550 e. The molecule has 0 fully saturated rings. The number of hydrogen-bond acceptors (Lipinski definition) is 4. The summed E-state index contributed by atoms with van der Waals surface area (Å²) in [5.41, 5.74) is 0. The predicted molar refractivity (Wildman–Crippen MR) is 48.9 cm³/mol. The van der Waals surface area contributed by atoms with E-state index in [2.05, 4.69) is 0 Å². The Kier molecular flexibility index (Phi) is 15.3. The number of carbonyl (C=O) groups is 2. The van der Waals surface area contributed by atoms with Crippen LogP contribution < -0.4 is 10.2 Å². The number of carboxylic acid groups (broad SMARTS) is 2. The third-order valence-corrected chi connectivity index (χ3v) is 2.03. The first-order chi connectivity index (χ1) is 6.36. The first-order valence-electron chi connectivity index (χ1n) is 4.78. The van der Waals surface area contributed by atoms with Gasteiger partial charge in [-0.05, 0) is 24.7 Å². The van der Waals surface area contributed by atoms with Gasteiger partial charge in [0.1, 0.15) is 0 Å². The number of carbonyl (C=O) groups excluding carboxylic acids is 2. The van der Waals surface area contributed by atoms with E-state index in [1.807, 2.05) is 13.8 Å². The summed E-state index contributed by atoms with van der Waals surface area (Å²) in [5.74, 6) is -2.50. The Morgan fingerprint density at radius 1 is 0.933 bits per heavy atom. The van der Waals surface area contributed by atoms with Gasteiger partial charge >= 0.3 is 17.1 Å². The Morgan fingerprint density at radius 3 is 1.13 bits per heavy atom. The molecule has 0 aromatic carbocycles. The normalized spacial score (nSPS) is 12.5. The van der Waals surface area contributed by atoms with Crippen LogP contribution in [0.25, 0.3) is 0 Å². The second-order valence-corrected chi connectivity index (χ2v) is 3.26. The summed E-state index contributed by atoms with van der Waals surface area (Å²) in [6, 6.07) is 0. The van der Waals surface area contributed by atoms with E-state index < -0.39 is 11.9 Å². The zero-order valence-electron chi connectivity index (χ0n) is 9.50. The maximum Gasteiger partial charge on any atom is 2.00 e. The van der Waals surface area contributed by atoms with Crippen molar-refractivity contribution in [3.05, 3.63) is 0 Å². The van der Waals surface area contributed by atoms with Gasteiger partial charge in [0, 0.05) is 11.9 Å². The predicted octanol–water partition coefficient (Wildman–Crippen LogP) is -0.438. The average molecular weight is 266 g/mol. The number of carboxylic acids is 2. The standard InChI is InChI=1S/2C5H10O2.Cu/c2*1-3-4(2)5(6)7;/h2*4H,3H2,1-2H3,(H,6,7);/q;;+2/p-2. The van der Waals surface area contributed by atoms with Crippen LogP contribution in [-0.4, -0.2) is 11.9 Å². The van der Waals surface area contributed by atoms with E-state index in [0.717, 1.165) is 0 Å². The largest absolute Gasteiger partial charge is 2.00 e. The number of hydrogen-bond donors (Lipinski definition) is 0. The summed E-state index contributed by atoms with van der Waals surface area (Å²) in [6.07, 6.45) is 1.31. The molecule has 0 N–H and O–H groups in total. The molecule has 0 saturated heterocycles. The van der Waals surface area contributed by atoms with Crippen LogP contribution in [0, 0.1) is 11.8 Å². The Bertz CT molecular complexity index is 162. The van der Waals surface area contributed by atoms with Crippen molar-refractivity contribution in [2.24, 2.45) is 11.8 Å². The van der Waals surface area contributed by atoms with Crippen LogP contribution in [-0.2, 0) is 26.7 Å². The summed E-state index contributed by atoms with van der Waals surface area (Å²) in [4.78, 5) is 19.6. The van der Waals surface area contributed by atoms with Gasteiger partial charge in [-0.3, -0.25) is 0 Å². The molecular weight excluding hydrogens is 248 g/mol. The molecule has 0 saturated carbocycles. The molecule has 0 aliphatic rings. The molecule has 0 spiro atoms. The molecule has 0 amide bonds. The SMILES string of the molecule is CCC(C)C(=O)[O-].CCC(C)C(=O)[O-].[Cu+2]. The minimum atomic E-state index is -0.956.